The van der Waals surface area contributed by atoms with Gasteiger partial charge in [-0.1, -0.05) is 30.3 Å². The average Bonchev–Trinajstić information content (AvgIpc) is 3.19. The summed E-state index contributed by atoms with van der Waals surface area (Å²) in [5.41, 5.74) is 3.11. The molecule has 4 nitrogen and oxygen atoms in total. The SMILES string of the molecule is c1ccc(N(c2cccc(-n3cccn3)c2)c2ccccn2)cc1. The number of rotatable bonds is 4. The smallest absolute Gasteiger partial charge is 0.137 e. The van der Waals surface area contributed by atoms with Crippen molar-refractivity contribution < 1.29 is 0 Å². The second-order valence-corrected chi connectivity index (χ2v) is 5.33. The van der Waals surface area contributed by atoms with Crippen LogP contribution in [0, 0.1) is 0 Å². The van der Waals surface area contributed by atoms with Crippen molar-refractivity contribution in [2.24, 2.45) is 0 Å². The molecule has 0 aliphatic carbocycles. The summed E-state index contributed by atoms with van der Waals surface area (Å²) in [4.78, 5) is 6.66. The van der Waals surface area contributed by atoms with E-state index in [-0.39, 0.29) is 0 Å². The van der Waals surface area contributed by atoms with Gasteiger partial charge in [0.15, 0.2) is 0 Å². The molecular weight excluding hydrogens is 296 g/mol. The van der Waals surface area contributed by atoms with E-state index in [0.717, 1.165) is 22.9 Å². The Labute approximate surface area is 140 Å². The first-order valence-electron chi connectivity index (χ1n) is 7.78. The molecule has 0 unspecified atom stereocenters. The molecule has 0 fully saturated rings. The third-order valence-corrected chi connectivity index (χ3v) is 3.75. The summed E-state index contributed by atoms with van der Waals surface area (Å²) >= 11 is 0. The van der Waals surface area contributed by atoms with Crippen molar-refractivity contribution in [1.82, 2.24) is 14.8 Å². The van der Waals surface area contributed by atoms with E-state index >= 15 is 0 Å². The van der Waals surface area contributed by atoms with Crippen molar-refractivity contribution >= 4 is 17.2 Å². The first-order chi connectivity index (χ1) is 11.9. The zero-order valence-electron chi connectivity index (χ0n) is 13.0. The predicted molar refractivity (Wildman–Crippen MR) is 96.0 cm³/mol. The molecule has 24 heavy (non-hydrogen) atoms. The lowest BCUT2D eigenvalue weighted by Gasteiger charge is -2.24. The number of aromatic nitrogens is 3. The van der Waals surface area contributed by atoms with Crippen LogP contribution in [0.2, 0.25) is 0 Å². The molecule has 4 rings (SSSR count). The largest absolute Gasteiger partial charge is 0.295 e. The van der Waals surface area contributed by atoms with Crippen LogP contribution in [-0.4, -0.2) is 14.8 Å². The summed E-state index contributed by atoms with van der Waals surface area (Å²) in [5.74, 6) is 0.876. The Morgan fingerprint density at radius 1 is 0.708 bits per heavy atom. The highest BCUT2D eigenvalue weighted by Crippen LogP contribution is 2.33. The highest BCUT2D eigenvalue weighted by atomic mass is 15.3. The van der Waals surface area contributed by atoms with E-state index in [1.165, 1.54) is 0 Å². The van der Waals surface area contributed by atoms with Gasteiger partial charge in [-0.05, 0) is 48.5 Å². The number of nitrogens with zero attached hydrogens (tertiary/aromatic N) is 4. The molecule has 116 valence electrons. The maximum absolute atomic E-state index is 4.53. The van der Waals surface area contributed by atoms with Crippen LogP contribution in [0.3, 0.4) is 0 Å². The Balaban J connectivity index is 1.84. The Kier molecular flexibility index (Phi) is 3.78. The number of para-hydroxylation sites is 1. The first-order valence-corrected chi connectivity index (χ1v) is 7.78. The van der Waals surface area contributed by atoms with Crippen molar-refractivity contribution in [1.29, 1.82) is 0 Å². The number of benzene rings is 2. The van der Waals surface area contributed by atoms with Gasteiger partial charge in [-0.15, -0.1) is 0 Å². The first kappa shape index (κ1) is 14.2. The standard InChI is InChI=1S/C20H16N4/c1-2-8-17(9-3-1)24(20-12-4-5-13-21-20)19-11-6-10-18(16-19)23-15-7-14-22-23/h1-16H. The lowest BCUT2D eigenvalue weighted by molar-refractivity contribution is 0.880. The Morgan fingerprint density at radius 2 is 1.54 bits per heavy atom. The van der Waals surface area contributed by atoms with Crippen LogP contribution < -0.4 is 4.90 Å². The Bertz CT molecular complexity index is 863. The van der Waals surface area contributed by atoms with Crippen molar-refractivity contribution in [3.8, 4) is 5.69 Å². The molecule has 0 radical (unpaired) electrons. The van der Waals surface area contributed by atoms with Gasteiger partial charge in [0.1, 0.15) is 5.82 Å². The van der Waals surface area contributed by atoms with E-state index in [2.05, 4.69) is 39.2 Å². The van der Waals surface area contributed by atoms with Gasteiger partial charge < -0.3 is 0 Å². The monoisotopic (exact) mass is 312 g/mol. The minimum atomic E-state index is 0.876. The zero-order chi connectivity index (χ0) is 16.2. The van der Waals surface area contributed by atoms with Gasteiger partial charge in [-0.3, -0.25) is 4.90 Å². The molecule has 0 spiro atoms. The van der Waals surface area contributed by atoms with E-state index in [9.17, 15) is 0 Å². The molecule has 2 aromatic heterocycles. The summed E-state index contributed by atoms with van der Waals surface area (Å²) in [6.07, 6.45) is 5.52. The van der Waals surface area contributed by atoms with Crippen LogP contribution in [0.15, 0.2) is 97.5 Å². The topological polar surface area (TPSA) is 34.0 Å². The van der Waals surface area contributed by atoms with Crippen LogP contribution in [-0.2, 0) is 0 Å². The lowest BCUT2D eigenvalue weighted by atomic mass is 10.2. The van der Waals surface area contributed by atoms with Gasteiger partial charge in [-0.2, -0.15) is 5.10 Å². The van der Waals surface area contributed by atoms with E-state index in [1.807, 2.05) is 71.7 Å². The highest BCUT2D eigenvalue weighted by Gasteiger charge is 2.13. The quantitative estimate of drug-likeness (QED) is 0.546. The Morgan fingerprint density at radius 3 is 2.29 bits per heavy atom. The van der Waals surface area contributed by atoms with Gasteiger partial charge in [0.25, 0.3) is 0 Å². The molecule has 0 saturated carbocycles. The molecule has 0 N–H and O–H groups in total. The molecule has 0 atom stereocenters. The predicted octanol–water partition coefficient (Wildman–Crippen LogP) is 4.74. The molecule has 0 bridgehead atoms. The van der Waals surface area contributed by atoms with Gasteiger partial charge in [-0.25, -0.2) is 9.67 Å². The number of pyridine rings is 1. The second-order valence-electron chi connectivity index (χ2n) is 5.33. The molecule has 0 aliphatic heterocycles. The van der Waals surface area contributed by atoms with Crippen LogP contribution in [0.25, 0.3) is 5.69 Å². The van der Waals surface area contributed by atoms with E-state index < -0.39 is 0 Å². The minimum absolute atomic E-state index is 0.876. The Hall–Kier alpha value is -3.40. The average molecular weight is 312 g/mol. The number of anilines is 3. The van der Waals surface area contributed by atoms with Crippen LogP contribution in [0.1, 0.15) is 0 Å². The molecule has 0 saturated heterocycles. The minimum Gasteiger partial charge on any atom is -0.295 e. The summed E-state index contributed by atoms with van der Waals surface area (Å²) in [7, 11) is 0. The van der Waals surface area contributed by atoms with Crippen LogP contribution >= 0.6 is 0 Å². The van der Waals surface area contributed by atoms with Crippen LogP contribution in [0.5, 0.6) is 0 Å². The third kappa shape index (κ3) is 2.77. The molecule has 4 heteroatoms. The summed E-state index contributed by atoms with van der Waals surface area (Å²) in [5, 5.41) is 4.31. The van der Waals surface area contributed by atoms with Gasteiger partial charge in [0.05, 0.1) is 5.69 Å². The third-order valence-electron chi connectivity index (χ3n) is 3.75. The summed E-state index contributed by atoms with van der Waals surface area (Å²) in [6, 6.07) is 26.3. The zero-order valence-corrected chi connectivity index (χ0v) is 13.0. The fraction of sp³-hybridized carbons (Fsp3) is 0. The molecule has 2 heterocycles. The normalized spacial score (nSPS) is 10.5. The van der Waals surface area contributed by atoms with E-state index in [4.69, 9.17) is 0 Å². The van der Waals surface area contributed by atoms with Crippen molar-refractivity contribution in [3.05, 3.63) is 97.5 Å². The second kappa shape index (κ2) is 6.38. The summed E-state index contributed by atoms with van der Waals surface area (Å²) < 4.78 is 1.85. The van der Waals surface area contributed by atoms with Crippen molar-refractivity contribution in [2.45, 2.75) is 0 Å². The van der Waals surface area contributed by atoms with Gasteiger partial charge in [0, 0.05) is 30.0 Å². The molecule has 4 aromatic rings. The molecule has 2 aromatic carbocycles. The van der Waals surface area contributed by atoms with Gasteiger partial charge in [0.2, 0.25) is 0 Å². The van der Waals surface area contributed by atoms with Gasteiger partial charge >= 0.3 is 0 Å². The maximum Gasteiger partial charge on any atom is 0.137 e. The fourth-order valence-corrected chi connectivity index (χ4v) is 2.67. The summed E-state index contributed by atoms with van der Waals surface area (Å²) in [6.45, 7) is 0. The van der Waals surface area contributed by atoms with Crippen molar-refractivity contribution in [2.75, 3.05) is 4.90 Å². The maximum atomic E-state index is 4.53. The van der Waals surface area contributed by atoms with E-state index in [0.29, 0.717) is 0 Å². The number of hydrogen-bond donors (Lipinski definition) is 0. The fourth-order valence-electron chi connectivity index (χ4n) is 2.67. The van der Waals surface area contributed by atoms with Crippen molar-refractivity contribution in [3.63, 3.8) is 0 Å². The highest BCUT2D eigenvalue weighted by molar-refractivity contribution is 5.75. The molecular formula is C20H16N4. The van der Waals surface area contributed by atoms with E-state index in [1.54, 1.807) is 6.20 Å². The van der Waals surface area contributed by atoms with Crippen LogP contribution in [0.4, 0.5) is 17.2 Å². The molecule has 0 aliphatic rings. The lowest BCUT2D eigenvalue weighted by Crippen LogP contribution is -2.11. The number of hydrogen-bond acceptors (Lipinski definition) is 3. The molecule has 0 amide bonds.